The number of fused-ring (bicyclic) bond motifs is 1. The summed E-state index contributed by atoms with van der Waals surface area (Å²) < 4.78 is 27.4. The summed E-state index contributed by atoms with van der Waals surface area (Å²) in [5.41, 5.74) is 5.71. The smallest absolute Gasteiger partial charge is 0.405 e. The molecule has 0 bridgehead atoms. The molecule has 34 heavy (non-hydrogen) atoms. The molecule has 0 unspecified atom stereocenters. The first kappa shape index (κ1) is 21.7. The van der Waals surface area contributed by atoms with Crippen LogP contribution in [0.15, 0.2) is 72.9 Å². The van der Waals surface area contributed by atoms with Gasteiger partial charge in [-0.05, 0) is 23.3 Å². The normalized spacial score (nSPS) is 16.0. The maximum Gasteiger partial charge on any atom is 0.405 e. The Hall–Kier alpha value is -4.11. The molecule has 1 fully saturated rings. The van der Waals surface area contributed by atoms with Crippen LogP contribution in [-0.2, 0) is 5.54 Å². The second kappa shape index (κ2) is 8.03. The summed E-state index contributed by atoms with van der Waals surface area (Å²) in [6, 6.07) is 20.4. The SMILES string of the molecule is NNc1nccc2nc(-c3ccc(C4(NC(=O)O)CC(F)(F)C4)cc3)c(-c3ccccc3)cc12. The topological polar surface area (TPSA) is 113 Å². The molecule has 1 aliphatic carbocycles. The predicted molar refractivity (Wildman–Crippen MR) is 125 cm³/mol. The van der Waals surface area contributed by atoms with Gasteiger partial charge in [0.15, 0.2) is 0 Å². The molecule has 2 aromatic carbocycles. The van der Waals surface area contributed by atoms with Crippen molar-refractivity contribution < 1.29 is 18.7 Å². The van der Waals surface area contributed by atoms with Crippen LogP contribution in [-0.4, -0.2) is 27.1 Å². The largest absolute Gasteiger partial charge is 0.465 e. The Morgan fingerprint density at radius 1 is 1.00 bits per heavy atom. The molecule has 0 saturated heterocycles. The Labute approximate surface area is 193 Å². The minimum absolute atomic E-state index is 0.491. The van der Waals surface area contributed by atoms with Crippen LogP contribution in [0, 0.1) is 0 Å². The van der Waals surface area contributed by atoms with E-state index in [4.69, 9.17) is 10.8 Å². The molecule has 5 N–H and O–H groups in total. The predicted octanol–water partition coefficient (Wildman–Crippen LogP) is 5.14. The Morgan fingerprint density at radius 3 is 2.32 bits per heavy atom. The number of nitrogens with zero attached hydrogens (tertiary/aromatic N) is 2. The van der Waals surface area contributed by atoms with Gasteiger partial charge >= 0.3 is 6.09 Å². The van der Waals surface area contributed by atoms with Gasteiger partial charge in [-0.2, -0.15) is 0 Å². The Kier molecular flexibility index (Phi) is 5.13. The van der Waals surface area contributed by atoms with Gasteiger partial charge in [0.1, 0.15) is 5.82 Å². The molecule has 2 aromatic heterocycles. The molecule has 0 aliphatic heterocycles. The molecule has 1 amide bonds. The van der Waals surface area contributed by atoms with E-state index >= 15 is 0 Å². The number of nitrogen functional groups attached to an aromatic ring is 1. The number of hydrogen-bond acceptors (Lipinski definition) is 5. The van der Waals surface area contributed by atoms with Gasteiger partial charge in [0, 0.05) is 35.6 Å². The average molecular weight is 461 g/mol. The van der Waals surface area contributed by atoms with E-state index in [1.54, 1.807) is 36.5 Å². The van der Waals surface area contributed by atoms with Gasteiger partial charge < -0.3 is 15.8 Å². The first-order valence-corrected chi connectivity index (χ1v) is 10.6. The van der Waals surface area contributed by atoms with Crippen LogP contribution >= 0.6 is 0 Å². The molecule has 4 aromatic rings. The van der Waals surface area contributed by atoms with Gasteiger partial charge in [-0.25, -0.2) is 29.4 Å². The van der Waals surface area contributed by atoms with Gasteiger partial charge in [-0.1, -0.05) is 54.6 Å². The third kappa shape index (κ3) is 3.80. The zero-order valence-corrected chi connectivity index (χ0v) is 17.9. The number of anilines is 1. The highest BCUT2D eigenvalue weighted by molar-refractivity contribution is 5.96. The van der Waals surface area contributed by atoms with Crippen molar-refractivity contribution in [2.24, 2.45) is 5.84 Å². The molecule has 9 heteroatoms. The van der Waals surface area contributed by atoms with Crippen LogP contribution < -0.4 is 16.6 Å². The number of carboxylic acid groups (broad SMARTS) is 1. The Bertz CT molecular complexity index is 1370. The number of pyridine rings is 2. The van der Waals surface area contributed by atoms with Crippen molar-refractivity contribution in [1.29, 1.82) is 0 Å². The number of hydrazine groups is 1. The fraction of sp³-hybridized carbons (Fsp3) is 0.160. The molecule has 0 spiro atoms. The van der Waals surface area contributed by atoms with E-state index in [2.05, 4.69) is 15.7 Å². The van der Waals surface area contributed by atoms with E-state index in [1.165, 1.54) is 0 Å². The maximum atomic E-state index is 13.7. The van der Waals surface area contributed by atoms with Crippen LogP contribution in [0.3, 0.4) is 0 Å². The summed E-state index contributed by atoms with van der Waals surface area (Å²) in [4.78, 5) is 20.4. The minimum atomic E-state index is -2.90. The Morgan fingerprint density at radius 2 is 1.71 bits per heavy atom. The number of rotatable bonds is 5. The van der Waals surface area contributed by atoms with E-state index in [-0.39, 0.29) is 0 Å². The lowest BCUT2D eigenvalue weighted by molar-refractivity contribution is -0.134. The zero-order valence-electron chi connectivity index (χ0n) is 17.9. The van der Waals surface area contributed by atoms with Crippen molar-refractivity contribution in [2.75, 3.05) is 5.43 Å². The molecule has 1 aliphatic rings. The number of aromatic nitrogens is 2. The highest BCUT2D eigenvalue weighted by Gasteiger charge is 2.58. The highest BCUT2D eigenvalue weighted by atomic mass is 19.3. The number of carbonyl (C=O) groups is 1. The standard InChI is InChI=1S/C25H21F2N5O2/c26-25(27)13-24(14-25,31-23(33)34)17-8-6-16(7-9-17)21-18(15-4-2-1-3-5-15)12-19-20(30-21)10-11-29-22(19)32-28/h1-12,31H,13-14,28H2,(H,29,32)(H,33,34). The van der Waals surface area contributed by atoms with Gasteiger partial charge in [0.25, 0.3) is 5.92 Å². The summed E-state index contributed by atoms with van der Waals surface area (Å²) in [6.07, 6.45) is -0.869. The molecule has 0 atom stereocenters. The second-order valence-electron chi connectivity index (χ2n) is 8.42. The van der Waals surface area contributed by atoms with Crippen LogP contribution in [0.2, 0.25) is 0 Å². The number of alkyl halides is 2. The van der Waals surface area contributed by atoms with Crippen molar-refractivity contribution in [3.05, 3.63) is 78.5 Å². The minimum Gasteiger partial charge on any atom is -0.465 e. The lowest BCUT2D eigenvalue weighted by Gasteiger charge is -2.47. The summed E-state index contributed by atoms with van der Waals surface area (Å²) >= 11 is 0. The fourth-order valence-electron chi connectivity index (χ4n) is 4.62. The van der Waals surface area contributed by atoms with Crippen LogP contribution in [0.4, 0.5) is 19.4 Å². The van der Waals surface area contributed by atoms with Crippen LogP contribution in [0.25, 0.3) is 33.3 Å². The number of nitrogens with one attached hydrogen (secondary N) is 2. The van der Waals surface area contributed by atoms with E-state index in [1.807, 2.05) is 36.4 Å². The summed E-state index contributed by atoms with van der Waals surface area (Å²) in [6.45, 7) is 0. The third-order valence-electron chi connectivity index (χ3n) is 6.14. The average Bonchev–Trinajstić information content (AvgIpc) is 2.81. The lowest BCUT2D eigenvalue weighted by Crippen LogP contribution is -2.59. The summed E-state index contributed by atoms with van der Waals surface area (Å²) in [5, 5.41) is 12.2. The molecule has 7 nitrogen and oxygen atoms in total. The van der Waals surface area contributed by atoms with Crippen molar-refractivity contribution in [1.82, 2.24) is 15.3 Å². The molecule has 5 rings (SSSR count). The van der Waals surface area contributed by atoms with Gasteiger partial charge in [-0.3, -0.25) is 0 Å². The second-order valence-corrected chi connectivity index (χ2v) is 8.42. The van der Waals surface area contributed by atoms with Crippen molar-refractivity contribution in [3.63, 3.8) is 0 Å². The quantitative estimate of drug-likeness (QED) is 0.242. The van der Waals surface area contributed by atoms with Crippen LogP contribution in [0.5, 0.6) is 0 Å². The van der Waals surface area contributed by atoms with Crippen molar-refractivity contribution in [3.8, 4) is 22.4 Å². The number of hydrogen-bond donors (Lipinski definition) is 4. The first-order valence-electron chi connectivity index (χ1n) is 10.6. The van der Waals surface area contributed by atoms with Gasteiger partial charge in [-0.15, -0.1) is 0 Å². The zero-order chi connectivity index (χ0) is 23.9. The summed E-state index contributed by atoms with van der Waals surface area (Å²) in [5.74, 6) is 3.24. The monoisotopic (exact) mass is 461 g/mol. The first-order chi connectivity index (χ1) is 16.3. The maximum absolute atomic E-state index is 13.7. The molecular weight excluding hydrogens is 440 g/mol. The van der Waals surface area contributed by atoms with Crippen molar-refractivity contribution >= 4 is 22.8 Å². The fourth-order valence-corrected chi connectivity index (χ4v) is 4.62. The number of nitrogens with two attached hydrogens (primary N) is 1. The third-order valence-corrected chi connectivity index (χ3v) is 6.14. The van der Waals surface area contributed by atoms with Crippen LogP contribution in [0.1, 0.15) is 18.4 Å². The molecular formula is C25H21F2N5O2. The van der Waals surface area contributed by atoms with E-state index < -0.39 is 30.4 Å². The number of halogens is 2. The molecule has 0 radical (unpaired) electrons. The van der Waals surface area contributed by atoms with Crippen molar-refractivity contribution in [2.45, 2.75) is 24.3 Å². The molecule has 172 valence electrons. The van der Waals surface area contributed by atoms with E-state index in [0.29, 0.717) is 22.6 Å². The molecule has 1 saturated carbocycles. The number of amides is 1. The van der Waals surface area contributed by atoms with E-state index in [9.17, 15) is 18.7 Å². The molecule has 2 heterocycles. The van der Waals surface area contributed by atoms with Gasteiger partial charge in [0.2, 0.25) is 0 Å². The van der Waals surface area contributed by atoms with E-state index in [0.717, 1.165) is 22.1 Å². The highest BCUT2D eigenvalue weighted by Crippen LogP contribution is 2.52. The summed E-state index contributed by atoms with van der Waals surface area (Å²) in [7, 11) is 0. The van der Waals surface area contributed by atoms with Gasteiger partial charge in [0.05, 0.1) is 16.7 Å². The number of benzene rings is 2. The Balaban J connectivity index is 1.62. The lowest BCUT2D eigenvalue weighted by atomic mass is 9.69.